The highest BCUT2D eigenvalue weighted by Gasteiger charge is 2.23. The van der Waals surface area contributed by atoms with Crippen molar-refractivity contribution in [2.45, 2.75) is 24.7 Å². The monoisotopic (exact) mass is 448 g/mol. The fourth-order valence-electron chi connectivity index (χ4n) is 3.55. The van der Waals surface area contributed by atoms with E-state index >= 15 is 0 Å². The van der Waals surface area contributed by atoms with Gasteiger partial charge in [0.15, 0.2) is 0 Å². The van der Waals surface area contributed by atoms with Crippen molar-refractivity contribution < 1.29 is 18.3 Å². The number of hydrogen-bond donors (Lipinski definition) is 3. The van der Waals surface area contributed by atoms with E-state index < -0.39 is 16.1 Å². The van der Waals surface area contributed by atoms with Gasteiger partial charge in [0, 0.05) is 45.0 Å². The minimum atomic E-state index is -3.49. The Morgan fingerprint density at radius 1 is 1.23 bits per heavy atom. The molecule has 3 N–H and O–H groups in total. The number of rotatable bonds is 8. The fraction of sp³-hybridized carbons (Fsp3) is 0.450. The first kappa shape index (κ1) is 22.8. The molecular formula is C20H28N6O4S. The van der Waals surface area contributed by atoms with Gasteiger partial charge in [0.1, 0.15) is 18.0 Å². The molecule has 0 saturated carbocycles. The van der Waals surface area contributed by atoms with Crippen LogP contribution in [0.25, 0.3) is 0 Å². The number of nitrogens with one attached hydrogen (secondary N) is 2. The standard InChI is InChI=1S/C20H28N6O4S/c1-3-23-31(29,30)17-6-4-16(5-7-17)24-18-12-19(22-14-21-18)25(2)13-15-8-10-26(11-9-15)20(27)28/h4-7,12,14-15,23H,3,8-11,13H2,1-2H3,(H,27,28)(H,21,22,24). The molecule has 1 saturated heterocycles. The molecule has 2 heterocycles. The number of anilines is 3. The van der Waals surface area contributed by atoms with Crippen LogP contribution in [-0.4, -0.2) is 67.7 Å². The van der Waals surface area contributed by atoms with Gasteiger partial charge in [0.2, 0.25) is 10.0 Å². The van der Waals surface area contributed by atoms with Crippen molar-refractivity contribution >= 4 is 33.4 Å². The largest absolute Gasteiger partial charge is 0.465 e. The predicted octanol–water partition coefficient (Wildman–Crippen LogP) is 2.34. The minimum absolute atomic E-state index is 0.206. The highest BCUT2D eigenvalue weighted by Crippen LogP contribution is 2.23. The molecule has 0 aliphatic carbocycles. The second-order valence-corrected chi connectivity index (χ2v) is 9.27. The number of amides is 1. The van der Waals surface area contributed by atoms with E-state index in [0.717, 1.165) is 25.2 Å². The van der Waals surface area contributed by atoms with Crippen molar-refractivity contribution in [1.29, 1.82) is 0 Å². The summed E-state index contributed by atoms with van der Waals surface area (Å²) < 4.78 is 26.6. The van der Waals surface area contributed by atoms with Gasteiger partial charge in [0.25, 0.3) is 0 Å². The van der Waals surface area contributed by atoms with Crippen molar-refractivity contribution in [1.82, 2.24) is 19.6 Å². The summed E-state index contributed by atoms with van der Waals surface area (Å²) in [4.78, 5) is 23.3. The summed E-state index contributed by atoms with van der Waals surface area (Å²) >= 11 is 0. The van der Waals surface area contributed by atoms with Crippen molar-refractivity contribution in [3.05, 3.63) is 36.7 Å². The average Bonchev–Trinajstić information content (AvgIpc) is 2.74. The summed E-state index contributed by atoms with van der Waals surface area (Å²) in [6.45, 7) is 3.96. The summed E-state index contributed by atoms with van der Waals surface area (Å²) in [6, 6.07) is 8.28. The minimum Gasteiger partial charge on any atom is -0.465 e. The van der Waals surface area contributed by atoms with Crippen LogP contribution in [0.5, 0.6) is 0 Å². The van der Waals surface area contributed by atoms with Crippen molar-refractivity contribution in [3.8, 4) is 0 Å². The molecule has 2 aromatic rings. The molecule has 0 unspecified atom stereocenters. The smallest absolute Gasteiger partial charge is 0.407 e. The van der Waals surface area contributed by atoms with Crippen LogP contribution in [0.15, 0.2) is 41.6 Å². The molecule has 10 nitrogen and oxygen atoms in total. The molecule has 168 valence electrons. The zero-order valence-corrected chi connectivity index (χ0v) is 18.5. The molecule has 11 heteroatoms. The lowest BCUT2D eigenvalue weighted by Crippen LogP contribution is -2.40. The topological polar surface area (TPSA) is 128 Å². The van der Waals surface area contributed by atoms with E-state index in [4.69, 9.17) is 5.11 Å². The lowest BCUT2D eigenvalue weighted by Gasteiger charge is -2.32. The van der Waals surface area contributed by atoms with Crippen LogP contribution in [0.1, 0.15) is 19.8 Å². The van der Waals surface area contributed by atoms with E-state index in [2.05, 4.69) is 20.0 Å². The van der Waals surface area contributed by atoms with E-state index in [1.807, 2.05) is 18.0 Å². The SMILES string of the molecule is CCNS(=O)(=O)c1ccc(Nc2cc(N(C)CC3CCN(C(=O)O)CC3)ncn2)cc1. The molecule has 1 aromatic heterocycles. The number of aromatic nitrogens is 2. The van der Waals surface area contributed by atoms with Gasteiger partial charge >= 0.3 is 6.09 Å². The molecule has 1 fully saturated rings. The summed E-state index contributed by atoms with van der Waals surface area (Å²) in [5, 5.41) is 12.2. The van der Waals surface area contributed by atoms with E-state index in [0.29, 0.717) is 37.1 Å². The quantitative estimate of drug-likeness (QED) is 0.561. The van der Waals surface area contributed by atoms with Crippen LogP contribution < -0.4 is 14.9 Å². The highest BCUT2D eigenvalue weighted by molar-refractivity contribution is 7.89. The molecule has 1 aromatic carbocycles. The molecule has 1 amide bonds. The van der Waals surface area contributed by atoms with Gasteiger partial charge in [-0.05, 0) is 43.0 Å². The first-order valence-electron chi connectivity index (χ1n) is 10.2. The zero-order valence-electron chi connectivity index (χ0n) is 17.7. The van der Waals surface area contributed by atoms with Gasteiger partial charge < -0.3 is 20.2 Å². The van der Waals surface area contributed by atoms with Gasteiger partial charge in [-0.15, -0.1) is 0 Å². The van der Waals surface area contributed by atoms with E-state index in [1.165, 1.54) is 23.4 Å². The van der Waals surface area contributed by atoms with Gasteiger partial charge in [-0.1, -0.05) is 6.92 Å². The van der Waals surface area contributed by atoms with Gasteiger partial charge in [-0.2, -0.15) is 0 Å². The number of likely N-dealkylation sites (tertiary alicyclic amines) is 1. The van der Waals surface area contributed by atoms with Crippen LogP contribution in [0.3, 0.4) is 0 Å². The second kappa shape index (κ2) is 9.92. The Kier molecular flexibility index (Phi) is 7.29. The normalized spacial score (nSPS) is 15.0. The van der Waals surface area contributed by atoms with E-state index in [-0.39, 0.29) is 4.90 Å². The van der Waals surface area contributed by atoms with Gasteiger partial charge in [-0.25, -0.2) is 27.9 Å². The maximum Gasteiger partial charge on any atom is 0.407 e. The number of hydrogen-bond acceptors (Lipinski definition) is 7. The highest BCUT2D eigenvalue weighted by atomic mass is 32.2. The summed E-state index contributed by atoms with van der Waals surface area (Å²) in [5.41, 5.74) is 0.712. The number of piperidine rings is 1. The third kappa shape index (κ3) is 6.05. The maximum atomic E-state index is 12.0. The number of sulfonamides is 1. The number of benzene rings is 1. The Morgan fingerprint density at radius 2 is 1.90 bits per heavy atom. The molecule has 0 spiro atoms. The average molecular weight is 449 g/mol. The molecule has 0 atom stereocenters. The Hall–Kier alpha value is -2.92. The third-order valence-corrected chi connectivity index (χ3v) is 6.79. The third-order valence-electron chi connectivity index (χ3n) is 5.23. The van der Waals surface area contributed by atoms with Crippen LogP contribution >= 0.6 is 0 Å². The Bertz CT molecular complexity index is 991. The fourth-order valence-corrected chi connectivity index (χ4v) is 4.59. The molecule has 3 rings (SSSR count). The molecular weight excluding hydrogens is 420 g/mol. The van der Waals surface area contributed by atoms with Crippen LogP contribution in [0.2, 0.25) is 0 Å². The number of carbonyl (C=O) groups is 1. The lowest BCUT2D eigenvalue weighted by atomic mass is 9.96. The number of nitrogens with zero attached hydrogens (tertiary/aromatic N) is 4. The van der Waals surface area contributed by atoms with Crippen molar-refractivity contribution in [2.75, 3.05) is 43.4 Å². The van der Waals surface area contributed by atoms with Crippen LogP contribution in [0, 0.1) is 5.92 Å². The second-order valence-electron chi connectivity index (χ2n) is 7.51. The molecule has 1 aliphatic heterocycles. The predicted molar refractivity (Wildman–Crippen MR) is 118 cm³/mol. The Balaban J connectivity index is 1.60. The summed E-state index contributed by atoms with van der Waals surface area (Å²) in [5.74, 6) is 1.75. The lowest BCUT2D eigenvalue weighted by molar-refractivity contribution is 0.125. The maximum absolute atomic E-state index is 12.0. The van der Waals surface area contributed by atoms with E-state index in [1.54, 1.807) is 19.1 Å². The first-order valence-corrected chi connectivity index (χ1v) is 11.6. The Labute approximate surface area is 182 Å². The van der Waals surface area contributed by atoms with Crippen molar-refractivity contribution in [3.63, 3.8) is 0 Å². The molecule has 0 bridgehead atoms. The zero-order chi connectivity index (χ0) is 22.4. The van der Waals surface area contributed by atoms with Gasteiger partial charge in [-0.3, -0.25) is 0 Å². The molecule has 1 aliphatic rings. The molecule has 0 radical (unpaired) electrons. The molecule has 31 heavy (non-hydrogen) atoms. The van der Waals surface area contributed by atoms with Crippen LogP contribution in [-0.2, 0) is 10.0 Å². The van der Waals surface area contributed by atoms with Gasteiger partial charge in [0.05, 0.1) is 4.90 Å². The van der Waals surface area contributed by atoms with Crippen LogP contribution in [0.4, 0.5) is 22.1 Å². The van der Waals surface area contributed by atoms with E-state index in [9.17, 15) is 13.2 Å². The summed E-state index contributed by atoms with van der Waals surface area (Å²) in [6.07, 6.45) is 2.28. The summed E-state index contributed by atoms with van der Waals surface area (Å²) in [7, 11) is -1.53. The van der Waals surface area contributed by atoms with Crippen molar-refractivity contribution in [2.24, 2.45) is 5.92 Å². The number of carboxylic acid groups (broad SMARTS) is 1. The first-order chi connectivity index (χ1) is 14.8. The Morgan fingerprint density at radius 3 is 2.52 bits per heavy atom.